The van der Waals surface area contributed by atoms with Crippen LogP contribution in [0.5, 0.6) is 17.2 Å². The molecule has 0 unspecified atom stereocenters. The molecule has 1 fully saturated rings. The summed E-state index contributed by atoms with van der Waals surface area (Å²) in [5.74, 6) is 1.52. The van der Waals surface area contributed by atoms with Gasteiger partial charge in [0.15, 0.2) is 6.29 Å². The van der Waals surface area contributed by atoms with Gasteiger partial charge in [0.05, 0.1) is 45.5 Å². The minimum Gasteiger partial charge on any atom is -0.496 e. The molecule has 0 aromatic heterocycles. The Balaban J connectivity index is 2.08. The Hall–Kier alpha value is -1.99. The lowest BCUT2D eigenvalue weighted by atomic mass is 9.90. The lowest BCUT2D eigenvalue weighted by molar-refractivity contribution is -0.240. The maximum absolute atomic E-state index is 12.2. The maximum atomic E-state index is 12.2. The Morgan fingerprint density at radius 3 is 2.07 bits per heavy atom. The SMILES string of the molecule is CCC(C)(C)C(=O)OCC1(C)COC(c2c(OC)cc(OC)cc2OC)OC1. The molecule has 1 aliphatic heterocycles. The van der Waals surface area contributed by atoms with E-state index < -0.39 is 17.1 Å². The number of carbonyl (C=O) groups is 1. The summed E-state index contributed by atoms with van der Waals surface area (Å²) < 4.78 is 33.7. The highest BCUT2D eigenvalue weighted by Crippen LogP contribution is 2.43. The highest BCUT2D eigenvalue weighted by Gasteiger charge is 2.38. The summed E-state index contributed by atoms with van der Waals surface area (Å²) >= 11 is 0. The molecule has 7 nitrogen and oxygen atoms in total. The predicted molar refractivity (Wildman–Crippen MR) is 104 cm³/mol. The zero-order chi connectivity index (χ0) is 20.9. The highest BCUT2D eigenvalue weighted by molar-refractivity contribution is 5.75. The molecule has 0 amide bonds. The fraction of sp³-hybridized carbons (Fsp3) is 0.667. The van der Waals surface area contributed by atoms with Crippen molar-refractivity contribution in [3.05, 3.63) is 17.7 Å². The van der Waals surface area contributed by atoms with Crippen LogP contribution >= 0.6 is 0 Å². The summed E-state index contributed by atoms with van der Waals surface area (Å²) in [6, 6.07) is 3.51. The van der Waals surface area contributed by atoms with Crippen molar-refractivity contribution >= 4 is 5.97 Å². The van der Waals surface area contributed by atoms with Crippen LogP contribution < -0.4 is 14.2 Å². The number of esters is 1. The normalized spacial score (nSPS) is 22.5. The van der Waals surface area contributed by atoms with Crippen LogP contribution in [-0.2, 0) is 19.0 Å². The van der Waals surface area contributed by atoms with E-state index in [1.807, 2.05) is 27.7 Å². The molecule has 1 aromatic carbocycles. The molecule has 1 aliphatic rings. The van der Waals surface area contributed by atoms with Crippen molar-refractivity contribution in [1.82, 2.24) is 0 Å². The van der Waals surface area contributed by atoms with Gasteiger partial charge < -0.3 is 28.4 Å². The van der Waals surface area contributed by atoms with Crippen LogP contribution in [0.4, 0.5) is 0 Å². The van der Waals surface area contributed by atoms with Crippen molar-refractivity contribution in [3.63, 3.8) is 0 Å². The molecule has 28 heavy (non-hydrogen) atoms. The summed E-state index contributed by atoms with van der Waals surface area (Å²) in [6.45, 7) is 8.67. The predicted octanol–water partition coefficient (Wildman–Crippen LogP) is 3.74. The number of rotatable bonds is 8. The first-order valence-corrected chi connectivity index (χ1v) is 9.40. The molecule has 0 radical (unpaired) electrons. The molecule has 0 N–H and O–H groups in total. The maximum Gasteiger partial charge on any atom is 0.311 e. The van der Waals surface area contributed by atoms with Gasteiger partial charge in [0, 0.05) is 17.5 Å². The summed E-state index contributed by atoms with van der Waals surface area (Å²) in [4.78, 5) is 12.2. The molecule has 0 bridgehead atoms. The Kier molecular flexibility index (Phi) is 7.17. The zero-order valence-electron chi connectivity index (χ0n) is 17.9. The second-order valence-electron chi connectivity index (χ2n) is 8.02. The molecule has 1 saturated heterocycles. The Morgan fingerprint density at radius 1 is 1.11 bits per heavy atom. The van der Waals surface area contributed by atoms with Gasteiger partial charge in [-0.3, -0.25) is 4.79 Å². The number of hydrogen-bond donors (Lipinski definition) is 0. The number of carbonyl (C=O) groups excluding carboxylic acids is 1. The largest absolute Gasteiger partial charge is 0.496 e. The minimum absolute atomic E-state index is 0.211. The molecule has 1 heterocycles. The first kappa shape index (κ1) is 22.3. The third-order valence-electron chi connectivity index (χ3n) is 5.14. The van der Waals surface area contributed by atoms with Crippen LogP contribution in [0.25, 0.3) is 0 Å². The molecular weight excluding hydrogens is 364 g/mol. The first-order valence-electron chi connectivity index (χ1n) is 9.40. The molecule has 0 atom stereocenters. The van der Waals surface area contributed by atoms with Crippen LogP contribution in [-0.4, -0.2) is 47.1 Å². The van der Waals surface area contributed by atoms with E-state index in [1.54, 1.807) is 33.5 Å². The minimum atomic E-state index is -0.647. The van der Waals surface area contributed by atoms with Gasteiger partial charge in [-0.1, -0.05) is 13.8 Å². The first-order chi connectivity index (χ1) is 13.2. The molecule has 2 rings (SSSR count). The van der Waals surface area contributed by atoms with E-state index in [0.29, 0.717) is 42.4 Å². The van der Waals surface area contributed by atoms with Crippen molar-refractivity contribution in [3.8, 4) is 17.2 Å². The summed E-state index contributed by atoms with van der Waals surface area (Å²) in [6.07, 6.45) is 0.0703. The van der Waals surface area contributed by atoms with Crippen molar-refractivity contribution in [1.29, 1.82) is 0 Å². The third kappa shape index (κ3) is 4.89. The van der Waals surface area contributed by atoms with E-state index in [2.05, 4.69) is 0 Å². The molecule has 158 valence electrons. The van der Waals surface area contributed by atoms with Crippen LogP contribution in [0.1, 0.15) is 46.0 Å². The quantitative estimate of drug-likeness (QED) is 0.620. The summed E-state index contributed by atoms with van der Waals surface area (Å²) in [5, 5.41) is 0. The van der Waals surface area contributed by atoms with Crippen molar-refractivity contribution in [2.75, 3.05) is 41.2 Å². The fourth-order valence-electron chi connectivity index (χ4n) is 2.74. The molecule has 7 heteroatoms. The van der Waals surface area contributed by atoms with Gasteiger partial charge in [-0.15, -0.1) is 0 Å². The number of methoxy groups -OCH3 is 3. The monoisotopic (exact) mass is 396 g/mol. The van der Waals surface area contributed by atoms with E-state index in [-0.39, 0.29) is 12.6 Å². The third-order valence-corrected chi connectivity index (χ3v) is 5.14. The van der Waals surface area contributed by atoms with Gasteiger partial charge in [-0.2, -0.15) is 0 Å². The second-order valence-corrected chi connectivity index (χ2v) is 8.02. The van der Waals surface area contributed by atoms with E-state index in [1.165, 1.54) is 0 Å². The molecule has 0 aliphatic carbocycles. The highest BCUT2D eigenvalue weighted by atomic mass is 16.7. The molecular formula is C21H32O7. The smallest absolute Gasteiger partial charge is 0.311 e. The van der Waals surface area contributed by atoms with E-state index >= 15 is 0 Å². The summed E-state index contributed by atoms with van der Waals surface area (Å²) in [7, 11) is 4.72. The summed E-state index contributed by atoms with van der Waals surface area (Å²) in [5.41, 5.74) is -0.265. The zero-order valence-corrected chi connectivity index (χ0v) is 17.9. The number of hydrogen-bond acceptors (Lipinski definition) is 7. The lowest BCUT2D eigenvalue weighted by Gasteiger charge is -2.38. The topological polar surface area (TPSA) is 72.5 Å². The van der Waals surface area contributed by atoms with Crippen LogP contribution in [0.15, 0.2) is 12.1 Å². The average Bonchev–Trinajstić information content (AvgIpc) is 2.71. The molecule has 0 saturated carbocycles. The van der Waals surface area contributed by atoms with Crippen LogP contribution in [0.3, 0.4) is 0 Å². The van der Waals surface area contributed by atoms with Crippen molar-refractivity contribution < 1.29 is 33.2 Å². The van der Waals surface area contributed by atoms with E-state index in [4.69, 9.17) is 28.4 Å². The van der Waals surface area contributed by atoms with Gasteiger partial charge in [0.1, 0.15) is 23.9 Å². The van der Waals surface area contributed by atoms with Gasteiger partial charge in [-0.25, -0.2) is 0 Å². The number of benzene rings is 1. The van der Waals surface area contributed by atoms with Crippen LogP contribution in [0, 0.1) is 10.8 Å². The molecule has 0 spiro atoms. The Labute approximate surface area is 167 Å². The second kappa shape index (κ2) is 9.01. The van der Waals surface area contributed by atoms with Gasteiger partial charge in [-0.05, 0) is 20.3 Å². The lowest BCUT2D eigenvalue weighted by Crippen LogP contribution is -2.41. The molecule has 1 aromatic rings. The van der Waals surface area contributed by atoms with Crippen molar-refractivity contribution in [2.45, 2.75) is 40.4 Å². The van der Waals surface area contributed by atoms with Crippen molar-refractivity contribution in [2.24, 2.45) is 10.8 Å². The van der Waals surface area contributed by atoms with E-state index in [0.717, 1.165) is 0 Å². The van der Waals surface area contributed by atoms with Crippen LogP contribution in [0.2, 0.25) is 0 Å². The fourth-order valence-corrected chi connectivity index (χ4v) is 2.74. The average molecular weight is 396 g/mol. The van der Waals surface area contributed by atoms with Gasteiger partial charge in [0.2, 0.25) is 0 Å². The Bertz CT molecular complexity index is 650. The number of ether oxygens (including phenoxy) is 6. The van der Waals surface area contributed by atoms with E-state index in [9.17, 15) is 4.79 Å². The standard InChI is InChI=1S/C21H32O7/c1-8-20(2,3)19(22)28-13-21(4)11-26-18(27-12-21)17-15(24-6)9-14(23-5)10-16(17)25-7/h9-10,18H,8,11-13H2,1-7H3. The van der Waals surface area contributed by atoms with Gasteiger partial charge in [0.25, 0.3) is 0 Å². The van der Waals surface area contributed by atoms with Gasteiger partial charge >= 0.3 is 5.97 Å². The Morgan fingerprint density at radius 2 is 1.64 bits per heavy atom.